The van der Waals surface area contributed by atoms with E-state index < -0.39 is 50.1 Å². The summed E-state index contributed by atoms with van der Waals surface area (Å²) in [6.07, 6.45) is 0. The molecule has 0 aromatic heterocycles. The molecule has 0 bridgehead atoms. The van der Waals surface area contributed by atoms with Crippen LogP contribution in [0.3, 0.4) is 0 Å². The van der Waals surface area contributed by atoms with Gasteiger partial charge in [0.05, 0.1) is 50.3 Å². The molecule has 0 fully saturated rings. The Morgan fingerprint density at radius 1 is 0.536 bits per heavy atom. The first-order valence-corrected chi connectivity index (χ1v) is 7.60. The molecule has 14 heteroatoms. The number of hydrogen-bond acceptors (Lipinski definition) is 12. The molecule has 12 nitrogen and oxygen atoms in total. The summed E-state index contributed by atoms with van der Waals surface area (Å²) in [6, 6.07) is 0. The molecule has 0 saturated heterocycles. The number of carboxylic acid groups (broad SMARTS) is 4. The molecule has 0 amide bonds. The molecule has 0 rings (SSSR count). The van der Waals surface area contributed by atoms with Gasteiger partial charge >= 0.3 is 91.0 Å². The van der Waals surface area contributed by atoms with Gasteiger partial charge in [-0.3, -0.25) is 9.80 Å². The monoisotopic (exact) mass is 552 g/mol. The Morgan fingerprint density at radius 2 is 0.786 bits per heavy atom. The van der Waals surface area contributed by atoms with Gasteiger partial charge in [0.15, 0.2) is 0 Å². The quantitative estimate of drug-likeness (QED) is 0.123. The van der Waals surface area contributed by atoms with Crippen LogP contribution in [0.2, 0.25) is 0 Å². The summed E-state index contributed by atoms with van der Waals surface area (Å²) in [5.41, 5.74) is 0. The van der Waals surface area contributed by atoms with E-state index in [0.717, 1.165) is 9.80 Å². The van der Waals surface area contributed by atoms with Gasteiger partial charge < -0.3 is 49.1 Å². The minimum Gasteiger partial charge on any atom is -0.549 e. The van der Waals surface area contributed by atoms with Crippen LogP contribution in [0, 0.1) is 0 Å². The second-order valence-corrected chi connectivity index (χ2v) is 5.13. The van der Waals surface area contributed by atoms with Crippen molar-refractivity contribution in [3.63, 3.8) is 0 Å². The maximum atomic E-state index is 10.5. The average Bonchev–Trinajstić information content (AvgIpc) is 2.47. The SMILES string of the molecule is O=C([O-])CN(CCOCCOCCN(CC(=O)[O-])CC(=O)[O-])CC(=O)[O-].[Sr+2].[Sr+2]. The third-order valence-electron chi connectivity index (χ3n) is 2.89. The van der Waals surface area contributed by atoms with Crippen molar-refractivity contribution in [2.75, 3.05) is 65.7 Å². The molecule has 28 heavy (non-hydrogen) atoms. The van der Waals surface area contributed by atoms with Crippen molar-refractivity contribution >= 4 is 115 Å². The summed E-state index contributed by atoms with van der Waals surface area (Å²) in [5.74, 6) is -5.70. The molecule has 0 radical (unpaired) electrons. The maximum Gasteiger partial charge on any atom is 2.00 e. The van der Waals surface area contributed by atoms with E-state index in [1.165, 1.54) is 0 Å². The van der Waals surface area contributed by atoms with Crippen molar-refractivity contribution in [3.05, 3.63) is 0 Å². The van der Waals surface area contributed by atoms with E-state index in [2.05, 4.69) is 0 Å². The molecule has 0 N–H and O–H groups in total. The Hall–Kier alpha value is 0.681. The van der Waals surface area contributed by atoms with E-state index in [-0.39, 0.29) is 130 Å². The molecule has 0 saturated carbocycles. The largest absolute Gasteiger partial charge is 2.00 e. The predicted octanol–water partition coefficient (Wildman–Crippen LogP) is -8.14. The van der Waals surface area contributed by atoms with Gasteiger partial charge in [-0.1, -0.05) is 0 Å². The van der Waals surface area contributed by atoms with Crippen LogP contribution in [0.5, 0.6) is 0 Å². The van der Waals surface area contributed by atoms with Crippen molar-refractivity contribution in [3.8, 4) is 0 Å². The third kappa shape index (κ3) is 23.0. The van der Waals surface area contributed by atoms with Gasteiger partial charge in [0.2, 0.25) is 0 Å². The normalized spacial score (nSPS) is 10.2. The number of carboxylic acids is 4. The van der Waals surface area contributed by atoms with E-state index in [4.69, 9.17) is 9.47 Å². The summed E-state index contributed by atoms with van der Waals surface area (Å²) < 4.78 is 10.3. The van der Waals surface area contributed by atoms with Crippen LogP contribution in [0.25, 0.3) is 0 Å². The zero-order valence-electron chi connectivity index (χ0n) is 15.5. The summed E-state index contributed by atoms with van der Waals surface area (Å²) in [6.45, 7) is -1.88. The molecule has 150 valence electrons. The maximum absolute atomic E-state index is 10.5. The molecule has 0 aliphatic heterocycles. The van der Waals surface area contributed by atoms with E-state index in [1.54, 1.807) is 0 Å². The molecule has 0 atom stereocenters. The van der Waals surface area contributed by atoms with Crippen molar-refractivity contribution < 1.29 is 49.1 Å². The van der Waals surface area contributed by atoms with E-state index >= 15 is 0 Å². The van der Waals surface area contributed by atoms with Crippen LogP contribution in [0.15, 0.2) is 0 Å². The van der Waals surface area contributed by atoms with Crippen molar-refractivity contribution in [2.24, 2.45) is 0 Å². The van der Waals surface area contributed by atoms with Crippen LogP contribution in [0.4, 0.5) is 0 Å². The molecule has 0 unspecified atom stereocenters. The fraction of sp³-hybridized carbons (Fsp3) is 0.714. The topological polar surface area (TPSA) is 185 Å². The molecule has 0 aromatic carbocycles. The first-order chi connectivity index (χ1) is 12.2. The van der Waals surface area contributed by atoms with Gasteiger partial charge in [-0.25, -0.2) is 0 Å². The van der Waals surface area contributed by atoms with Crippen molar-refractivity contribution in [1.29, 1.82) is 0 Å². The Labute approximate surface area is 236 Å². The van der Waals surface area contributed by atoms with Gasteiger partial charge in [-0.15, -0.1) is 0 Å². The fourth-order valence-corrected chi connectivity index (χ4v) is 1.87. The second kappa shape index (κ2) is 20.9. The number of aliphatic carboxylic acids is 4. The fourth-order valence-electron chi connectivity index (χ4n) is 1.87. The molecule has 0 spiro atoms. The molecule has 0 aliphatic carbocycles. The third-order valence-corrected chi connectivity index (χ3v) is 2.89. The van der Waals surface area contributed by atoms with Crippen LogP contribution in [-0.2, 0) is 28.7 Å². The van der Waals surface area contributed by atoms with Gasteiger partial charge in [0.25, 0.3) is 0 Å². The number of carbonyl (C=O) groups is 4. The summed E-state index contributed by atoms with van der Waals surface area (Å²) in [7, 11) is 0. The Kier molecular flexibility index (Phi) is 24.9. The van der Waals surface area contributed by atoms with Crippen LogP contribution in [-0.4, -0.2) is 190 Å². The molecule has 0 aliphatic rings. The summed E-state index contributed by atoms with van der Waals surface area (Å²) >= 11 is 0. The van der Waals surface area contributed by atoms with Crippen LogP contribution < -0.4 is 20.4 Å². The first-order valence-electron chi connectivity index (χ1n) is 7.60. The Balaban J connectivity index is -0.00000312. The standard InChI is InChI=1S/C14H24N2O10.2Sr/c17-11(18)7-15(8-12(19)20)1-3-25-5-6-26-4-2-16(9-13(21)22)10-14(23)24;;/h1-10H2,(H,17,18)(H,19,20)(H,21,22)(H,23,24);;/q;2*+2/p-4. The number of carbonyl (C=O) groups excluding carboxylic acids is 4. The Morgan fingerprint density at radius 3 is 1.00 bits per heavy atom. The molecular weight excluding hydrogens is 531 g/mol. The Bertz CT molecular complexity index is 407. The smallest absolute Gasteiger partial charge is 0.549 e. The zero-order chi connectivity index (χ0) is 19.9. The van der Waals surface area contributed by atoms with E-state index in [1.807, 2.05) is 0 Å². The zero-order valence-corrected chi connectivity index (χ0v) is 22.4. The minimum absolute atomic E-state index is 0. The number of ether oxygens (including phenoxy) is 2. The minimum atomic E-state index is -1.42. The van der Waals surface area contributed by atoms with Crippen LogP contribution >= 0.6 is 0 Å². The van der Waals surface area contributed by atoms with Gasteiger partial charge in [0.1, 0.15) is 0 Å². The average molecular weight is 552 g/mol. The van der Waals surface area contributed by atoms with Crippen molar-refractivity contribution in [1.82, 2.24) is 9.80 Å². The molecule has 0 heterocycles. The van der Waals surface area contributed by atoms with E-state index in [9.17, 15) is 39.6 Å². The molecule has 0 aromatic rings. The predicted molar refractivity (Wildman–Crippen MR) is 86.1 cm³/mol. The summed E-state index contributed by atoms with van der Waals surface area (Å²) in [5, 5.41) is 41.9. The van der Waals surface area contributed by atoms with E-state index in [0.29, 0.717) is 0 Å². The van der Waals surface area contributed by atoms with Gasteiger partial charge in [-0.05, 0) is 0 Å². The van der Waals surface area contributed by atoms with Crippen LogP contribution in [0.1, 0.15) is 0 Å². The molecular formula is C14H20N2O10Sr2. The van der Waals surface area contributed by atoms with Crippen molar-refractivity contribution in [2.45, 2.75) is 0 Å². The first kappa shape index (κ1) is 33.3. The number of nitrogens with zero attached hydrogens (tertiary/aromatic N) is 2. The second-order valence-electron chi connectivity index (χ2n) is 5.13. The van der Waals surface area contributed by atoms with Gasteiger partial charge in [-0.2, -0.15) is 0 Å². The van der Waals surface area contributed by atoms with Gasteiger partial charge in [0, 0.05) is 39.3 Å². The number of rotatable bonds is 17. The number of hydrogen-bond donors (Lipinski definition) is 0. The summed E-state index contributed by atoms with van der Waals surface area (Å²) in [4.78, 5) is 44.0.